The number of piperazine rings is 1. The van der Waals surface area contributed by atoms with Gasteiger partial charge >= 0.3 is 5.97 Å². The second-order valence-electron chi connectivity index (χ2n) is 8.08. The van der Waals surface area contributed by atoms with Gasteiger partial charge in [-0.2, -0.15) is 0 Å². The second-order valence-corrected chi connectivity index (χ2v) is 8.08. The third-order valence-corrected chi connectivity index (χ3v) is 6.00. The number of carbonyl (C=O) groups excluding carboxylic acids is 1. The summed E-state index contributed by atoms with van der Waals surface area (Å²) in [4.78, 5) is 25.4. The van der Waals surface area contributed by atoms with E-state index in [1.165, 1.54) is 23.1 Å². The van der Waals surface area contributed by atoms with Crippen LogP contribution in [0.3, 0.4) is 0 Å². The molecule has 0 bridgehead atoms. The lowest BCUT2D eigenvalue weighted by molar-refractivity contribution is 0.0526. The topological polar surface area (TPSA) is 96.6 Å². The fourth-order valence-electron chi connectivity index (χ4n) is 4.05. The number of hydrogen-bond donors (Lipinski definition) is 2. The van der Waals surface area contributed by atoms with Gasteiger partial charge in [0.15, 0.2) is 11.6 Å². The Bertz CT molecular complexity index is 1140. The van der Waals surface area contributed by atoms with Gasteiger partial charge in [-0.05, 0) is 56.2 Å². The molecule has 3 aromatic rings. The van der Waals surface area contributed by atoms with Crippen LogP contribution in [0.1, 0.15) is 28.4 Å². The molecule has 0 atom stereocenters. The molecule has 2 heterocycles. The van der Waals surface area contributed by atoms with Crippen LogP contribution in [0, 0.1) is 13.8 Å². The Morgan fingerprint density at radius 3 is 2.55 bits per heavy atom. The molecule has 172 valence electrons. The van der Waals surface area contributed by atoms with E-state index in [1.54, 1.807) is 25.1 Å². The maximum atomic E-state index is 12.0. The highest BCUT2D eigenvalue weighted by Gasteiger charge is 2.22. The van der Waals surface area contributed by atoms with Gasteiger partial charge in [0.2, 0.25) is 0 Å². The van der Waals surface area contributed by atoms with Gasteiger partial charge in [-0.15, -0.1) is 0 Å². The number of nitrogens with two attached hydrogens (primary N) is 1. The summed E-state index contributed by atoms with van der Waals surface area (Å²) in [5.41, 5.74) is 12.0. The summed E-state index contributed by atoms with van der Waals surface area (Å²) in [5, 5.41) is 3.22. The van der Waals surface area contributed by atoms with Crippen molar-refractivity contribution < 1.29 is 9.53 Å². The van der Waals surface area contributed by atoms with E-state index in [4.69, 9.17) is 10.5 Å². The van der Waals surface area contributed by atoms with Crippen molar-refractivity contribution in [2.75, 3.05) is 53.6 Å². The Balaban J connectivity index is 1.48. The average Bonchev–Trinajstić information content (AvgIpc) is 2.83. The molecule has 1 saturated heterocycles. The number of esters is 1. The number of benzene rings is 2. The van der Waals surface area contributed by atoms with Gasteiger partial charge in [0, 0.05) is 37.6 Å². The molecule has 8 heteroatoms. The van der Waals surface area contributed by atoms with Crippen LogP contribution in [0.5, 0.6) is 0 Å². The maximum Gasteiger partial charge on any atom is 0.338 e. The van der Waals surface area contributed by atoms with Crippen LogP contribution in [-0.4, -0.2) is 48.7 Å². The number of rotatable bonds is 6. The molecule has 0 aliphatic carbocycles. The van der Waals surface area contributed by atoms with Gasteiger partial charge < -0.3 is 25.6 Å². The zero-order valence-electron chi connectivity index (χ0n) is 19.3. The van der Waals surface area contributed by atoms with Gasteiger partial charge in [0.25, 0.3) is 0 Å². The normalized spacial score (nSPS) is 13.7. The van der Waals surface area contributed by atoms with Gasteiger partial charge in [0.1, 0.15) is 12.0 Å². The summed E-state index contributed by atoms with van der Waals surface area (Å²) in [7, 11) is 0. The number of anilines is 5. The highest BCUT2D eigenvalue weighted by Crippen LogP contribution is 2.31. The van der Waals surface area contributed by atoms with E-state index >= 15 is 0 Å². The number of aromatic nitrogens is 2. The molecule has 1 fully saturated rings. The van der Waals surface area contributed by atoms with Gasteiger partial charge in [-0.3, -0.25) is 0 Å². The Morgan fingerprint density at radius 1 is 1.06 bits per heavy atom. The highest BCUT2D eigenvalue weighted by atomic mass is 16.5. The minimum absolute atomic E-state index is 0.329. The van der Waals surface area contributed by atoms with E-state index in [0.717, 1.165) is 32.0 Å². The summed E-state index contributed by atoms with van der Waals surface area (Å²) < 4.78 is 5.08. The number of aryl methyl sites for hydroxylation is 1. The third kappa shape index (κ3) is 4.84. The van der Waals surface area contributed by atoms with E-state index in [2.05, 4.69) is 57.1 Å². The fraction of sp³-hybridized carbons (Fsp3) is 0.320. The first kappa shape index (κ1) is 22.4. The van der Waals surface area contributed by atoms with Crippen molar-refractivity contribution in [3.63, 3.8) is 0 Å². The van der Waals surface area contributed by atoms with Crippen LogP contribution in [-0.2, 0) is 4.74 Å². The predicted octanol–water partition coefficient (Wildman–Crippen LogP) is 3.92. The number of ether oxygens (including phenoxy) is 1. The summed E-state index contributed by atoms with van der Waals surface area (Å²) in [6.07, 6.45) is 1.51. The first-order valence-corrected chi connectivity index (χ1v) is 11.2. The molecular weight excluding hydrogens is 416 g/mol. The van der Waals surface area contributed by atoms with Crippen molar-refractivity contribution in [2.24, 2.45) is 0 Å². The van der Waals surface area contributed by atoms with Crippen LogP contribution >= 0.6 is 0 Å². The van der Waals surface area contributed by atoms with Crippen molar-refractivity contribution in [3.05, 3.63) is 65.5 Å². The average molecular weight is 447 g/mol. The van der Waals surface area contributed by atoms with Crippen molar-refractivity contribution in [2.45, 2.75) is 20.8 Å². The molecule has 1 aliphatic heterocycles. The zero-order chi connectivity index (χ0) is 23.4. The minimum Gasteiger partial charge on any atom is -0.462 e. The number of nitrogens with one attached hydrogen (secondary N) is 1. The van der Waals surface area contributed by atoms with Crippen molar-refractivity contribution in [3.8, 4) is 0 Å². The second kappa shape index (κ2) is 9.77. The Kier molecular flexibility index (Phi) is 6.63. The van der Waals surface area contributed by atoms with E-state index in [0.29, 0.717) is 29.4 Å². The van der Waals surface area contributed by atoms with Gasteiger partial charge in [0.05, 0.1) is 12.2 Å². The number of carbonyl (C=O) groups is 1. The number of hydrogen-bond acceptors (Lipinski definition) is 8. The molecular formula is C25H30N6O2. The first-order valence-electron chi connectivity index (χ1n) is 11.2. The van der Waals surface area contributed by atoms with Crippen molar-refractivity contribution >= 4 is 34.7 Å². The van der Waals surface area contributed by atoms with Crippen LogP contribution in [0.15, 0.2) is 48.8 Å². The summed E-state index contributed by atoms with van der Waals surface area (Å²) in [6.45, 7) is 9.83. The monoisotopic (exact) mass is 446 g/mol. The van der Waals surface area contributed by atoms with E-state index in [1.807, 2.05) is 6.07 Å². The molecule has 1 aliphatic rings. The van der Waals surface area contributed by atoms with Crippen LogP contribution in [0.4, 0.5) is 28.7 Å². The quantitative estimate of drug-likeness (QED) is 0.550. The van der Waals surface area contributed by atoms with Gasteiger partial charge in [-0.1, -0.05) is 18.2 Å². The molecule has 1 aromatic heterocycles. The summed E-state index contributed by atoms with van der Waals surface area (Å²) >= 11 is 0. The standard InChI is InChI=1S/C25H30N6O2/c1-4-33-25(32)19-8-6-9-20(15-19)29-23-22(26)24(28-16-27-23)31-13-11-30(12-14-31)21-10-5-7-17(2)18(21)3/h5-10,15-16H,4,11-14,26H2,1-3H3,(H,27,28,29). The smallest absolute Gasteiger partial charge is 0.338 e. The Hall–Kier alpha value is -3.81. The zero-order valence-corrected chi connectivity index (χ0v) is 19.3. The largest absolute Gasteiger partial charge is 0.462 e. The van der Waals surface area contributed by atoms with Crippen LogP contribution in [0.2, 0.25) is 0 Å². The Labute approximate surface area is 194 Å². The molecule has 8 nitrogen and oxygen atoms in total. The highest BCUT2D eigenvalue weighted by molar-refractivity contribution is 5.91. The number of nitrogens with zero attached hydrogens (tertiary/aromatic N) is 4. The van der Waals surface area contributed by atoms with E-state index in [-0.39, 0.29) is 5.97 Å². The first-order chi connectivity index (χ1) is 16.0. The lowest BCUT2D eigenvalue weighted by Crippen LogP contribution is -2.47. The van der Waals surface area contributed by atoms with Crippen LogP contribution in [0.25, 0.3) is 0 Å². The van der Waals surface area contributed by atoms with E-state index < -0.39 is 0 Å². The molecule has 0 unspecified atom stereocenters. The molecule has 4 rings (SSSR count). The maximum absolute atomic E-state index is 12.0. The SMILES string of the molecule is CCOC(=O)c1cccc(Nc2ncnc(N3CCN(c4cccc(C)c4C)CC3)c2N)c1. The van der Waals surface area contributed by atoms with Crippen LogP contribution < -0.4 is 20.9 Å². The summed E-state index contributed by atoms with van der Waals surface area (Å²) in [6, 6.07) is 13.5. The molecule has 0 radical (unpaired) electrons. The van der Waals surface area contributed by atoms with Crippen molar-refractivity contribution in [1.82, 2.24) is 9.97 Å². The fourth-order valence-corrected chi connectivity index (χ4v) is 4.05. The third-order valence-electron chi connectivity index (χ3n) is 6.00. The molecule has 3 N–H and O–H groups in total. The van der Waals surface area contributed by atoms with E-state index in [9.17, 15) is 4.79 Å². The molecule has 0 spiro atoms. The Morgan fingerprint density at radius 2 is 1.79 bits per heavy atom. The van der Waals surface area contributed by atoms with Crippen molar-refractivity contribution in [1.29, 1.82) is 0 Å². The number of nitrogen functional groups attached to an aromatic ring is 1. The minimum atomic E-state index is -0.362. The molecule has 33 heavy (non-hydrogen) atoms. The lowest BCUT2D eigenvalue weighted by Gasteiger charge is -2.38. The lowest BCUT2D eigenvalue weighted by atomic mass is 10.1. The molecule has 2 aromatic carbocycles. The molecule has 0 amide bonds. The summed E-state index contributed by atoms with van der Waals surface area (Å²) in [5.74, 6) is 0.867. The molecule has 0 saturated carbocycles. The predicted molar refractivity (Wildman–Crippen MR) is 132 cm³/mol. The van der Waals surface area contributed by atoms with Gasteiger partial charge in [-0.25, -0.2) is 14.8 Å².